The average molecular weight is 188 g/mol. The van der Waals surface area contributed by atoms with Crippen LogP contribution in [-0.4, -0.2) is 20.9 Å². The van der Waals surface area contributed by atoms with Crippen LogP contribution in [-0.2, 0) is 0 Å². The van der Waals surface area contributed by atoms with Crippen molar-refractivity contribution in [2.75, 3.05) is 0 Å². The number of hydrogen-bond acceptors (Lipinski definition) is 4. The normalized spacial score (nSPS) is 10.4. The fourth-order valence-corrected chi connectivity index (χ4v) is 1.22. The van der Waals surface area contributed by atoms with Crippen molar-refractivity contribution >= 4 is 16.8 Å². The van der Waals surface area contributed by atoms with Gasteiger partial charge in [-0.2, -0.15) is 0 Å². The molecule has 2 rings (SSSR count). The van der Waals surface area contributed by atoms with E-state index in [4.69, 9.17) is 5.73 Å². The number of rotatable bonds is 1. The molecule has 0 bridgehead atoms. The molecule has 0 fully saturated rings. The predicted octanol–water partition coefficient (Wildman–Crippen LogP) is 0.432. The molecule has 2 N–H and O–H groups in total. The number of fused-ring (bicyclic) bond motifs is 1. The maximum Gasteiger partial charge on any atom is 0.267 e. The number of hydrogen-bond donors (Lipinski definition) is 1. The van der Waals surface area contributed by atoms with Crippen LogP contribution < -0.4 is 5.73 Å². The molecule has 0 aliphatic heterocycles. The molecule has 0 aliphatic carbocycles. The average Bonchev–Trinajstić information content (AvgIpc) is 2.18. The Kier molecular flexibility index (Phi) is 1.85. The molecule has 0 aliphatic rings. The van der Waals surface area contributed by atoms with E-state index in [1.807, 2.05) is 6.92 Å². The van der Waals surface area contributed by atoms with Gasteiger partial charge in [0.1, 0.15) is 12.0 Å². The lowest BCUT2D eigenvalue weighted by atomic mass is 10.2. The number of aryl methyl sites for hydroxylation is 1. The molecule has 0 aromatic carbocycles. The van der Waals surface area contributed by atoms with Gasteiger partial charge in [-0.1, -0.05) is 0 Å². The first-order chi connectivity index (χ1) is 6.68. The second kappa shape index (κ2) is 3.02. The maximum atomic E-state index is 10.9. The Balaban J connectivity index is 2.76. The number of primary amides is 1. The largest absolute Gasteiger partial charge is 0.364 e. The minimum absolute atomic E-state index is 0.232. The second-order valence-electron chi connectivity index (χ2n) is 2.91. The Morgan fingerprint density at radius 2 is 2.14 bits per heavy atom. The first kappa shape index (κ1) is 8.55. The van der Waals surface area contributed by atoms with E-state index in [0.29, 0.717) is 5.52 Å². The Morgan fingerprint density at radius 3 is 2.86 bits per heavy atom. The summed E-state index contributed by atoms with van der Waals surface area (Å²) in [5.74, 6) is -0.546. The van der Waals surface area contributed by atoms with Crippen LogP contribution in [0.25, 0.3) is 10.9 Å². The fraction of sp³-hybridized carbons (Fsp3) is 0.111. The minimum Gasteiger partial charge on any atom is -0.364 e. The first-order valence-electron chi connectivity index (χ1n) is 4.05. The van der Waals surface area contributed by atoms with Gasteiger partial charge in [-0.25, -0.2) is 15.0 Å². The molecule has 0 radical (unpaired) electrons. The molecule has 70 valence electrons. The predicted molar refractivity (Wildman–Crippen MR) is 50.6 cm³/mol. The zero-order valence-electron chi connectivity index (χ0n) is 7.56. The highest BCUT2D eigenvalue weighted by atomic mass is 16.1. The zero-order valence-corrected chi connectivity index (χ0v) is 7.56. The van der Waals surface area contributed by atoms with Gasteiger partial charge in [0, 0.05) is 11.1 Å². The molecule has 2 aromatic rings. The van der Waals surface area contributed by atoms with Gasteiger partial charge >= 0.3 is 0 Å². The lowest BCUT2D eigenvalue weighted by Crippen LogP contribution is -2.12. The van der Waals surface area contributed by atoms with Crippen LogP contribution in [0.5, 0.6) is 0 Å². The van der Waals surface area contributed by atoms with Crippen LogP contribution in [0.3, 0.4) is 0 Å². The highest BCUT2D eigenvalue weighted by Crippen LogP contribution is 2.13. The van der Waals surface area contributed by atoms with Crippen molar-refractivity contribution in [2.24, 2.45) is 5.73 Å². The lowest BCUT2D eigenvalue weighted by molar-refractivity contribution is 0.0996. The first-order valence-corrected chi connectivity index (χ1v) is 4.05. The summed E-state index contributed by atoms with van der Waals surface area (Å²) in [5.41, 5.74) is 6.86. The van der Waals surface area contributed by atoms with Crippen LogP contribution in [0.2, 0.25) is 0 Å². The van der Waals surface area contributed by atoms with Crippen molar-refractivity contribution in [3.05, 3.63) is 30.0 Å². The van der Waals surface area contributed by atoms with Gasteiger partial charge in [-0.05, 0) is 13.0 Å². The van der Waals surface area contributed by atoms with E-state index in [2.05, 4.69) is 15.0 Å². The maximum absolute atomic E-state index is 10.9. The Bertz CT molecular complexity index is 509. The monoisotopic (exact) mass is 188 g/mol. The summed E-state index contributed by atoms with van der Waals surface area (Å²) in [6.07, 6.45) is 2.98. The van der Waals surface area contributed by atoms with Crippen molar-refractivity contribution < 1.29 is 4.79 Å². The number of pyridine rings is 1. The molecule has 0 saturated carbocycles. The summed E-state index contributed by atoms with van der Waals surface area (Å²) in [6.45, 7) is 1.84. The van der Waals surface area contributed by atoms with Crippen LogP contribution in [0.15, 0.2) is 18.6 Å². The van der Waals surface area contributed by atoms with E-state index >= 15 is 0 Å². The van der Waals surface area contributed by atoms with Gasteiger partial charge in [0.15, 0.2) is 0 Å². The molecule has 0 atom stereocenters. The van der Waals surface area contributed by atoms with Crippen molar-refractivity contribution in [3.8, 4) is 0 Å². The molecular weight excluding hydrogens is 180 g/mol. The second-order valence-corrected chi connectivity index (χ2v) is 2.91. The molecule has 2 heterocycles. The SMILES string of the molecule is Cc1ncnc2cnc(C(N)=O)cc12. The summed E-state index contributed by atoms with van der Waals surface area (Å²) < 4.78 is 0. The Labute approximate surface area is 80.0 Å². The third-order valence-electron chi connectivity index (χ3n) is 1.97. The van der Waals surface area contributed by atoms with Gasteiger partial charge in [0.2, 0.25) is 0 Å². The van der Waals surface area contributed by atoms with Gasteiger partial charge in [0.05, 0.1) is 11.7 Å². The molecule has 0 saturated heterocycles. The van der Waals surface area contributed by atoms with Crippen molar-refractivity contribution in [1.29, 1.82) is 0 Å². The van der Waals surface area contributed by atoms with Crippen LogP contribution in [0, 0.1) is 6.92 Å². The third kappa shape index (κ3) is 1.28. The third-order valence-corrected chi connectivity index (χ3v) is 1.97. The van der Waals surface area contributed by atoms with Crippen LogP contribution >= 0.6 is 0 Å². The smallest absolute Gasteiger partial charge is 0.267 e. The lowest BCUT2D eigenvalue weighted by Gasteiger charge is -2.00. The van der Waals surface area contributed by atoms with E-state index in [1.165, 1.54) is 12.5 Å². The molecule has 14 heavy (non-hydrogen) atoms. The minimum atomic E-state index is -0.546. The fourth-order valence-electron chi connectivity index (χ4n) is 1.22. The molecule has 5 heteroatoms. The molecule has 5 nitrogen and oxygen atoms in total. The van der Waals surface area contributed by atoms with Crippen LogP contribution in [0.4, 0.5) is 0 Å². The van der Waals surface area contributed by atoms with Gasteiger partial charge in [0.25, 0.3) is 5.91 Å². The number of carbonyl (C=O) groups is 1. The molecule has 0 unspecified atom stereocenters. The zero-order chi connectivity index (χ0) is 10.1. The summed E-state index contributed by atoms with van der Waals surface area (Å²) in [7, 11) is 0. The van der Waals surface area contributed by atoms with E-state index in [9.17, 15) is 4.79 Å². The topological polar surface area (TPSA) is 81.8 Å². The number of nitrogens with two attached hydrogens (primary N) is 1. The number of aromatic nitrogens is 3. The van der Waals surface area contributed by atoms with Crippen molar-refractivity contribution in [2.45, 2.75) is 6.92 Å². The van der Waals surface area contributed by atoms with Crippen molar-refractivity contribution in [3.63, 3.8) is 0 Å². The van der Waals surface area contributed by atoms with Gasteiger partial charge in [-0.3, -0.25) is 4.79 Å². The summed E-state index contributed by atoms with van der Waals surface area (Å²) in [6, 6.07) is 1.60. The number of amides is 1. The van der Waals surface area contributed by atoms with E-state index in [0.717, 1.165) is 11.1 Å². The molecular formula is C9H8N4O. The number of nitrogens with zero attached hydrogens (tertiary/aromatic N) is 3. The van der Waals surface area contributed by atoms with Crippen LogP contribution in [0.1, 0.15) is 16.2 Å². The molecule has 1 amide bonds. The number of carbonyl (C=O) groups excluding carboxylic acids is 1. The summed E-state index contributed by atoms with van der Waals surface area (Å²) in [5, 5.41) is 0.802. The van der Waals surface area contributed by atoms with E-state index in [1.54, 1.807) is 6.07 Å². The highest BCUT2D eigenvalue weighted by molar-refractivity contribution is 5.94. The van der Waals surface area contributed by atoms with E-state index in [-0.39, 0.29) is 5.69 Å². The van der Waals surface area contributed by atoms with Crippen molar-refractivity contribution in [1.82, 2.24) is 15.0 Å². The van der Waals surface area contributed by atoms with Gasteiger partial charge < -0.3 is 5.73 Å². The quantitative estimate of drug-likeness (QED) is 0.703. The molecule has 0 spiro atoms. The van der Waals surface area contributed by atoms with Gasteiger partial charge in [-0.15, -0.1) is 0 Å². The Hall–Kier alpha value is -2.04. The van der Waals surface area contributed by atoms with E-state index < -0.39 is 5.91 Å². The Morgan fingerprint density at radius 1 is 1.36 bits per heavy atom. The summed E-state index contributed by atoms with van der Waals surface area (Å²) in [4.78, 5) is 22.8. The highest BCUT2D eigenvalue weighted by Gasteiger charge is 2.05. The summed E-state index contributed by atoms with van der Waals surface area (Å²) >= 11 is 0. The molecule has 2 aromatic heterocycles. The standard InChI is InChI=1S/C9H8N4O/c1-5-6-2-7(9(10)14)11-3-8(6)13-4-12-5/h2-4H,1H3,(H2,10,14).